The van der Waals surface area contributed by atoms with Crippen molar-refractivity contribution in [1.29, 1.82) is 0 Å². The number of rotatable bonds is 1. The first-order valence-corrected chi connectivity index (χ1v) is 5.12. The van der Waals surface area contributed by atoms with Gasteiger partial charge in [0, 0.05) is 6.04 Å². The molecule has 2 aliphatic rings. The quantitative estimate of drug-likeness (QED) is 0.675. The van der Waals surface area contributed by atoms with Crippen molar-refractivity contribution in [3.05, 3.63) is 0 Å². The van der Waals surface area contributed by atoms with Gasteiger partial charge in [-0.3, -0.25) is 0 Å². The summed E-state index contributed by atoms with van der Waals surface area (Å²) in [5.41, 5.74) is 5.78. The normalized spacial score (nSPS) is 36.8. The van der Waals surface area contributed by atoms with Crippen molar-refractivity contribution in [2.75, 3.05) is 0 Å². The third-order valence-corrected chi connectivity index (χ3v) is 3.53. The topological polar surface area (TPSA) is 26.0 Å². The summed E-state index contributed by atoms with van der Waals surface area (Å²) in [6, 6.07) is 0.557. The predicted octanol–water partition coefficient (Wildman–Crippen LogP) is 2.73. The molecule has 0 atom stereocenters. The van der Waals surface area contributed by atoms with E-state index in [9.17, 15) is 0 Å². The van der Waals surface area contributed by atoms with E-state index in [1.54, 1.807) is 0 Å². The Kier molecular flexibility index (Phi) is 3.85. The minimum absolute atomic E-state index is 0. The number of hydrogen-bond donors (Lipinski definition) is 1. The fourth-order valence-corrected chi connectivity index (χ4v) is 2.70. The van der Waals surface area contributed by atoms with Crippen LogP contribution in [0, 0.1) is 11.8 Å². The van der Waals surface area contributed by atoms with Crippen molar-refractivity contribution in [1.82, 2.24) is 0 Å². The van der Waals surface area contributed by atoms with E-state index in [2.05, 4.69) is 0 Å². The first-order chi connectivity index (χ1) is 5.36. The lowest BCUT2D eigenvalue weighted by Gasteiger charge is -2.40. The summed E-state index contributed by atoms with van der Waals surface area (Å²) in [5.74, 6) is 2.08. The van der Waals surface area contributed by atoms with E-state index in [4.69, 9.17) is 5.73 Å². The molecule has 2 saturated carbocycles. The fourth-order valence-electron chi connectivity index (χ4n) is 2.70. The molecule has 0 bridgehead atoms. The Morgan fingerprint density at radius 3 is 1.92 bits per heavy atom. The molecule has 0 unspecified atom stereocenters. The average Bonchev–Trinajstić information content (AvgIpc) is 2.01. The minimum Gasteiger partial charge on any atom is -0.328 e. The lowest BCUT2D eigenvalue weighted by Crippen LogP contribution is -2.40. The van der Waals surface area contributed by atoms with E-state index in [1.807, 2.05) is 0 Å². The van der Waals surface area contributed by atoms with Gasteiger partial charge in [0.15, 0.2) is 0 Å². The van der Waals surface area contributed by atoms with Crippen molar-refractivity contribution >= 4 is 12.4 Å². The maximum Gasteiger partial charge on any atom is 0.00443 e. The highest BCUT2D eigenvalue weighted by molar-refractivity contribution is 5.85. The van der Waals surface area contributed by atoms with Gasteiger partial charge in [-0.05, 0) is 24.7 Å². The molecule has 0 spiro atoms. The van der Waals surface area contributed by atoms with Crippen LogP contribution in [0.15, 0.2) is 0 Å². The van der Waals surface area contributed by atoms with Gasteiger partial charge in [0.1, 0.15) is 0 Å². The SMILES string of the molecule is Cl.NC1CC(C2CCCCC2)C1. The Morgan fingerprint density at radius 1 is 0.833 bits per heavy atom. The molecule has 0 radical (unpaired) electrons. The Morgan fingerprint density at radius 2 is 1.42 bits per heavy atom. The van der Waals surface area contributed by atoms with Gasteiger partial charge in [-0.2, -0.15) is 0 Å². The lowest BCUT2D eigenvalue weighted by atomic mass is 9.68. The van der Waals surface area contributed by atoms with E-state index in [1.165, 1.54) is 44.9 Å². The van der Waals surface area contributed by atoms with Crippen molar-refractivity contribution < 1.29 is 0 Å². The molecule has 0 amide bonds. The van der Waals surface area contributed by atoms with E-state index in [0.29, 0.717) is 6.04 Å². The van der Waals surface area contributed by atoms with Crippen LogP contribution in [0.2, 0.25) is 0 Å². The van der Waals surface area contributed by atoms with Crippen molar-refractivity contribution in [3.8, 4) is 0 Å². The van der Waals surface area contributed by atoms with Crippen LogP contribution in [0.1, 0.15) is 44.9 Å². The summed E-state index contributed by atoms with van der Waals surface area (Å²) in [4.78, 5) is 0. The van der Waals surface area contributed by atoms with Gasteiger partial charge in [0.2, 0.25) is 0 Å². The number of hydrogen-bond acceptors (Lipinski definition) is 1. The first-order valence-electron chi connectivity index (χ1n) is 5.12. The zero-order valence-corrected chi connectivity index (χ0v) is 8.48. The third-order valence-electron chi connectivity index (χ3n) is 3.53. The van der Waals surface area contributed by atoms with Crippen LogP contribution in [0.3, 0.4) is 0 Å². The molecule has 0 aliphatic heterocycles. The van der Waals surface area contributed by atoms with Gasteiger partial charge in [-0.1, -0.05) is 32.1 Å². The highest BCUT2D eigenvalue weighted by atomic mass is 35.5. The maximum absolute atomic E-state index is 5.78. The Balaban J connectivity index is 0.000000720. The van der Waals surface area contributed by atoms with Gasteiger partial charge in [0.05, 0.1) is 0 Å². The first kappa shape index (κ1) is 10.3. The van der Waals surface area contributed by atoms with Gasteiger partial charge in [-0.25, -0.2) is 0 Å². The molecule has 0 aromatic carbocycles. The van der Waals surface area contributed by atoms with Crippen LogP contribution in [-0.4, -0.2) is 6.04 Å². The van der Waals surface area contributed by atoms with Crippen molar-refractivity contribution in [3.63, 3.8) is 0 Å². The molecule has 0 aromatic rings. The molecule has 2 fully saturated rings. The minimum atomic E-state index is 0. The standard InChI is InChI=1S/C10H19N.ClH/c11-10-6-9(7-10)8-4-2-1-3-5-8;/h8-10H,1-7,11H2;1H. The summed E-state index contributed by atoms with van der Waals surface area (Å²) < 4.78 is 0. The fraction of sp³-hybridized carbons (Fsp3) is 1.00. The van der Waals surface area contributed by atoms with Crippen LogP contribution in [-0.2, 0) is 0 Å². The second-order valence-electron chi connectivity index (χ2n) is 4.39. The predicted molar refractivity (Wildman–Crippen MR) is 54.5 cm³/mol. The zero-order valence-electron chi connectivity index (χ0n) is 7.67. The molecular weight excluding hydrogens is 170 g/mol. The van der Waals surface area contributed by atoms with Crippen molar-refractivity contribution in [2.24, 2.45) is 17.6 Å². The third kappa shape index (κ3) is 2.14. The van der Waals surface area contributed by atoms with Crippen LogP contribution >= 0.6 is 12.4 Å². The smallest absolute Gasteiger partial charge is 0.00443 e. The van der Waals surface area contributed by atoms with E-state index < -0.39 is 0 Å². The molecule has 2 heteroatoms. The van der Waals surface area contributed by atoms with Gasteiger partial charge >= 0.3 is 0 Å². The van der Waals surface area contributed by atoms with Crippen LogP contribution in [0.5, 0.6) is 0 Å². The monoisotopic (exact) mass is 189 g/mol. The largest absolute Gasteiger partial charge is 0.328 e. The maximum atomic E-state index is 5.78. The number of halogens is 1. The van der Waals surface area contributed by atoms with Crippen LogP contribution in [0.25, 0.3) is 0 Å². The summed E-state index contributed by atoms with van der Waals surface area (Å²) in [5, 5.41) is 0. The Hall–Kier alpha value is 0.250. The number of nitrogens with two attached hydrogens (primary N) is 1. The van der Waals surface area contributed by atoms with E-state index >= 15 is 0 Å². The second-order valence-corrected chi connectivity index (χ2v) is 4.39. The Bertz CT molecular complexity index is 126. The molecule has 72 valence electrons. The molecule has 2 rings (SSSR count). The molecular formula is C10H20ClN. The molecule has 12 heavy (non-hydrogen) atoms. The molecule has 0 heterocycles. The van der Waals surface area contributed by atoms with Crippen LogP contribution < -0.4 is 5.73 Å². The molecule has 1 nitrogen and oxygen atoms in total. The van der Waals surface area contributed by atoms with E-state index in [0.717, 1.165) is 11.8 Å². The van der Waals surface area contributed by atoms with Gasteiger partial charge in [-0.15, -0.1) is 12.4 Å². The molecule has 2 aliphatic carbocycles. The van der Waals surface area contributed by atoms with Gasteiger partial charge < -0.3 is 5.73 Å². The summed E-state index contributed by atoms with van der Waals surface area (Å²) in [6.45, 7) is 0. The summed E-state index contributed by atoms with van der Waals surface area (Å²) >= 11 is 0. The average molecular weight is 190 g/mol. The van der Waals surface area contributed by atoms with Gasteiger partial charge in [0.25, 0.3) is 0 Å². The molecule has 0 aromatic heterocycles. The zero-order chi connectivity index (χ0) is 7.68. The second kappa shape index (κ2) is 4.48. The highest BCUT2D eigenvalue weighted by Crippen LogP contribution is 2.40. The molecule has 0 saturated heterocycles. The lowest BCUT2D eigenvalue weighted by molar-refractivity contribution is 0.139. The summed E-state index contributed by atoms with van der Waals surface area (Å²) in [7, 11) is 0. The summed E-state index contributed by atoms with van der Waals surface area (Å²) in [6.07, 6.45) is 10.1. The molecule has 2 N–H and O–H groups in total. The highest BCUT2D eigenvalue weighted by Gasteiger charge is 2.32. The van der Waals surface area contributed by atoms with Crippen LogP contribution in [0.4, 0.5) is 0 Å². The Labute approximate surface area is 81.5 Å². The van der Waals surface area contributed by atoms with Crippen molar-refractivity contribution in [2.45, 2.75) is 51.0 Å². The van der Waals surface area contributed by atoms with E-state index in [-0.39, 0.29) is 12.4 Å².